The molecular weight excluding hydrogens is 368 g/mol. The van der Waals surface area contributed by atoms with Crippen LogP contribution >= 0.6 is 0 Å². The van der Waals surface area contributed by atoms with E-state index in [9.17, 15) is 9.59 Å². The maximum absolute atomic E-state index is 12.5. The minimum atomic E-state index is -0.543. The second-order valence-corrected chi connectivity index (χ2v) is 7.62. The molecule has 2 aromatic carbocycles. The fourth-order valence-corrected chi connectivity index (χ4v) is 3.86. The maximum atomic E-state index is 12.5. The normalized spacial score (nSPS) is 19.1. The van der Waals surface area contributed by atoms with Gasteiger partial charge in [-0.05, 0) is 37.0 Å². The second-order valence-electron chi connectivity index (χ2n) is 7.62. The number of nitrogens with one attached hydrogen (secondary N) is 1. The Morgan fingerprint density at radius 3 is 2.72 bits per heavy atom. The lowest BCUT2D eigenvalue weighted by atomic mass is 9.86. The van der Waals surface area contributed by atoms with Crippen LogP contribution in [-0.2, 0) is 9.53 Å². The van der Waals surface area contributed by atoms with Gasteiger partial charge < -0.3 is 14.6 Å². The van der Waals surface area contributed by atoms with Crippen molar-refractivity contribution in [3.63, 3.8) is 0 Å². The van der Waals surface area contributed by atoms with Crippen molar-refractivity contribution in [3.05, 3.63) is 54.1 Å². The zero-order valence-electron chi connectivity index (χ0n) is 16.4. The molecule has 1 N–H and O–H groups in total. The summed E-state index contributed by atoms with van der Waals surface area (Å²) in [7, 11) is 0. The van der Waals surface area contributed by atoms with Gasteiger partial charge in [-0.2, -0.15) is 0 Å². The molecule has 1 fully saturated rings. The van der Waals surface area contributed by atoms with Crippen LogP contribution in [0.1, 0.15) is 43.0 Å². The van der Waals surface area contributed by atoms with Crippen LogP contribution in [0.4, 0.5) is 0 Å². The van der Waals surface area contributed by atoms with Crippen molar-refractivity contribution in [1.29, 1.82) is 0 Å². The first-order valence-corrected chi connectivity index (χ1v) is 10.0. The minimum absolute atomic E-state index is 0.164. The number of esters is 1. The molecule has 1 heterocycles. The average Bonchev–Trinajstić information content (AvgIpc) is 3.17. The highest BCUT2D eigenvalue weighted by Gasteiger charge is 2.23. The highest BCUT2D eigenvalue weighted by Crippen LogP contribution is 2.29. The molecule has 0 radical (unpaired) electrons. The van der Waals surface area contributed by atoms with Crippen molar-refractivity contribution in [3.8, 4) is 11.3 Å². The molecule has 0 saturated heterocycles. The van der Waals surface area contributed by atoms with Crippen LogP contribution in [-0.4, -0.2) is 29.7 Å². The molecule has 1 saturated carbocycles. The maximum Gasteiger partial charge on any atom is 0.338 e. The van der Waals surface area contributed by atoms with Gasteiger partial charge in [0.15, 0.2) is 12.4 Å². The van der Waals surface area contributed by atoms with Crippen LogP contribution in [0.3, 0.4) is 0 Å². The van der Waals surface area contributed by atoms with Crippen molar-refractivity contribution in [2.75, 3.05) is 6.61 Å². The van der Waals surface area contributed by atoms with E-state index in [-0.39, 0.29) is 18.6 Å². The smallest absolute Gasteiger partial charge is 0.338 e. The summed E-state index contributed by atoms with van der Waals surface area (Å²) >= 11 is 0. The molecule has 150 valence electrons. The van der Waals surface area contributed by atoms with Crippen molar-refractivity contribution in [2.24, 2.45) is 5.92 Å². The number of nitrogens with zero attached hydrogens (tertiary/aromatic N) is 1. The van der Waals surface area contributed by atoms with E-state index >= 15 is 0 Å². The summed E-state index contributed by atoms with van der Waals surface area (Å²) in [6.07, 6.45) is 4.43. The van der Waals surface area contributed by atoms with E-state index in [1.807, 2.05) is 30.3 Å². The molecular formula is C23H24N2O4. The van der Waals surface area contributed by atoms with Gasteiger partial charge in [0.25, 0.3) is 5.91 Å². The molecule has 1 aromatic heterocycles. The van der Waals surface area contributed by atoms with Crippen molar-refractivity contribution in [1.82, 2.24) is 10.5 Å². The molecule has 0 bridgehead atoms. The van der Waals surface area contributed by atoms with Gasteiger partial charge in [-0.25, -0.2) is 4.79 Å². The predicted molar refractivity (Wildman–Crippen MR) is 109 cm³/mol. The van der Waals surface area contributed by atoms with Gasteiger partial charge in [-0.3, -0.25) is 4.79 Å². The van der Waals surface area contributed by atoms with Gasteiger partial charge in [0.2, 0.25) is 0 Å². The summed E-state index contributed by atoms with van der Waals surface area (Å²) in [6, 6.07) is 14.8. The molecule has 1 amide bonds. The van der Waals surface area contributed by atoms with Crippen molar-refractivity contribution in [2.45, 2.75) is 38.6 Å². The third-order valence-corrected chi connectivity index (χ3v) is 5.54. The van der Waals surface area contributed by atoms with E-state index in [2.05, 4.69) is 17.4 Å². The molecule has 6 heteroatoms. The van der Waals surface area contributed by atoms with Gasteiger partial charge in [-0.1, -0.05) is 55.3 Å². The molecule has 0 aliphatic heterocycles. The molecule has 0 unspecified atom stereocenters. The number of carbonyl (C=O) groups is 2. The fourth-order valence-electron chi connectivity index (χ4n) is 3.86. The zero-order valence-corrected chi connectivity index (χ0v) is 16.4. The molecule has 29 heavy (non-hydrogen) atoms. The summed E-state index contributed by atoms with van der Waals surface area (Å²) in [5.41, 5.74) is 1.89. The quantitative estimate of drug-likeness (QED) is 0.653. The summed E-state index contributed by atoms with van der Waals surface area (Å²) in [4.78, 5) is 24.7. The second kappa shape index (κ2) is 8.47. The molecule has 3 aromatic rings. The molecule has 0 spiro atoms. The van der Waals surface area contributed by atoms with E-state index in [0.29, 0.717) is 22.8 Å². The lowest BCUT2D eigenvalue weighted by molar-refractivity contribution is -0.125. The standard InChI is InChI=1S/C23H24N2O4/c1-15-7-5-6-10-19(15)24-21(26)14-28-23(27)17-11-12-20-18(13-17)22(29-25-20)16-8-3-2-4-9-16/h2-4,8-9,11-13,15,19H,5-7,10,14H2,1H3,(H,24,26)/t15-,19+/m0/s1. The zero-order chi connectivity index (χ0) is 20.2. The third kappa shape index (κ3) is 4.31. The Bertz CT molecular complexity index is 1010. The summed E-state index contributed by atoms with van der Waals surface area (Å²) in [5.74, 6) is 0.252. The van der Waals surface area contributed by atoms with Gasteiger partial charge in [-0.15, -0.1) is 0 Å². The number of rotatable bonds is 5. The van der Waals surface area contributed by atoms with E-state index in [0.717, 1.165) is 30.2 Å². The number of carbonyl (C=O) groups excluding carboxylic acids is 2. The SMILES string of the molecule is C[C@H]1CCCC[C@H]1NC(=O)COC(=O)c1ccc2noc(-c3ccccc3)c2c1. The minimum Gasteiger partial charge on any atom is -0.452 e. The number of aromatic nitrogens is 1. The first kappa shape index (κ1) is 19.2. The topological polar surface area (TPSA) is 81.4 Å². The first-order chi connectivity index (χ1) is 14.1. The Kier molecular flexibility index (Phi) is 5.60. The largest absolute Gasteiger partial charge is 0.452 e. The monoisotopic (exact) mass is 392 g/mol. The van der Waals surface area contributed by atoms with Crippen LogP contribution < -0.4 is 5.32 Å². The van der Waals surface area contributed by atoms with E-state index in [1.165, 1.54) is 6.42 Å². The number of hydrogen-bond donors (Lipinski definition) is 1. The van der Waals surface area contributed by atoms with Gasteiger partial charge in [0, 0.05) is 11.6 Å². The first-order valence-electron chi connectivity index (χ1n) is 10.0. The Hall–Kier alpha value is -3.15. The summed E-state index contributed by atoms with van der Waals surface area (Å²) in [6.45, 7) is 1.86. The number of hydrogen-bond acceptors (Lipinski definition) is 5. The Morgan fingerprint density at radius 1 is 1.14 bits per heavy atom. The van der Waals surface area contributed by atoms with E-state index in [1.54, 1.807) is 18.2 Å². The van der Waals surface area contributed by atoms with Crippen molar-refractivity contribution >= 4 is 22.8 Å². The van der Waals surface area contributed by atoms with Crippen LogP contribution in [0.5, 0.6) is 0 Å². The Balaban J connectivity index is 1.42. The molecule has 1 aliphatic carbocycles. The summed E-state index contributed by atoms with van der Waals surface area (Å²) < 4.78 is 10.7. The molecule has 1 aliphatic rings. The van der Waals surface area contributed by atoms with Crippen LogP contribution in [0.15, 0.2) is 53.1 Å². The van der Waals surface area contributed by atoms with E-state index in [4.69, 9.17) is 9.26 Å². The van der Waals surface area contributed by atoms with Crippen LogP contribution in [0.2, 0.25) is 0 Å². The lowest BCUT2D eigenvalue weighted by Gasteiger charge is -2.29. The molecule has 4 rings (SSSR count). The molecule has 2 atom stereocenters. The predicted octanol–water partition coefficient (Wildman–Crippen LogP) is 4.35. The van der Waals surface area contributed by atoms with Gasteiger partial charge >= 0.3 is 5.97 Å². The lowest BCUT2D eigenvalue weighted by Crippen LogP contribution is -2.42. The van der Waals surface area contributed by atoms with Gasteiger partial charge in [0.05, 0.1) is 10.9 Å². The highest BCUT2D eigenvalue weighted by atomic mass is 16.5. The average molecular weight is 392 g/mol. The van der Waals surface area contributed by atoms with Crippen LogP contribution in [0.25, 0.3) is 22.2 Å². The van der Waals surface area contributed by atoms with Crippen LogP contribution in [0, 0.1) is 5.92 Å². The fraction of sp³-hybridized carbons (Fsp3) is 0.348. The molecule has 6 nitrogen and oxygen atoms in total. The van der Waals surface area contributed by atoms with Crippen molar-refractivity contribution < 1.29 is 18.8 Å². The Morgan fingerprint density at radius 2 is 1.93 bits per heavy atom. The highest BCUT2D eigenvalue weighted by molar-refractivity contribution is 5.99. The number of fused-ring (bicyclic) bond motifs is 1. The third-order valence-electron chi connectivity index (χ3n) is 5.54. The summed E-state index contributed by atoms with van der Waals surface area (Å²) in [5, 5.41) is 7.77. The number of benzene rings is 2. The Labute approximate surface area is 169 Å². The van der Waals surface area contributed by atoms with E-state index < -0.39 is 5.97 Å². The number of ether oxygens (including phenoxy) is 1. The number of amides is 1. The van der Waals surface area contributed by atoms with Gasteiger partial charge in [0.1, 0.15) is 5.52 Å².